The van der Waals surface area contributed by atoms with Gasteiger partial charge < -0.3 is 14.4 Å². The van der Waals surface area contributed by atoms with Gasteiger partial charge in [-0.2, -0.15) is 0 Å². The number of hydrogen-bond donors (Lipinski definition) is 1. The van der Waals surface area contributed by atoms with Gasteiger partial charge in [-0.1, -0.05) is 0 Å². The molecule has 0 atom stereocenters. The summed E-state index contributed by atoms with van der Waals surface area (Å²) < 4.78 is 23.4. The summed E-state index contributed by atoms with van der Waals surface area (Å²) in [5.74, 6) is -1.19. The molecule has 2 aromatic carbocycles. The highest BCUT2D eigenvalue weighted by molar-refractivity contribution is 7.14. The Bertz CT molecular complexity index is 1190. The minimum absolute atomic E-state index is 0.200. The van der Waals surface area contributed by atoms with Crippen molar-refractivity contribution in [3.63, 3.8) is 0 Å². The van der Waals surface area contributed by atoms with E-state index in [2.05, 4.69) is 10.3 Å². The first kappa shape index (κ1) is 24.3. The number of esters is 1. The van der Waals surface area contributed by atoms with Crippen LogP contribution in [-0.4, -0.2) is 54.5 Å². The van der Waals surface area contributed by atoms with E-state index in [4.69, 9.17) is 9.47 Å². The van der Waals surface area contributed by atoms with Gasteiger partial charge in [-0.25, -0.2) is 9.37 Å². The van der Waals surface area contributed by atoms with E-state index in [1.54, 1.807) is 12.0 Å². The fourth-order valence-electron chi connectivity index (χ4n) is 3.73. The Kier molecular flexibility index (Phi) is 7.71. The van der Waals surface area contributed by atoms with Gasteiger partial charge in [-0.15, -0.1) is 11.3 Å². The number of methoxy groups -OCH3 is 1. The van der Waals surface area contributed by atoms with Crippen molar-refractivity contribution in [2.24, 2.45) is 5.92 Å². The number of thiazole rings is 1. The fourth-order valence-corrected chi connectivity index (χ4v) is 4.46. The number of anilines is 1. The van der Waals surface area contributed by atoms with Gasteiger partial charge in [0.15, 0.2) is 11.7 Å². The Hall–Kier alpha value is -3.79. The van der Waals surface area contributed by atoms with Crippen molar-refractivity contribution in [1.29, 1.82) is 0 Å². The number of likely N-dealkylation sites (tertiary alicyclic amines) is 1. The molecule has 182 valence electrons. The summed E-state index contributed by atoms with van der Waals surface area (Å²) in [5.41, 5.74) is 2.01. The molecule has 1 aliphatic heterocycles. The van der Waals surface area contributed by atoms with Gasteiger partial charge in [0.2, 0.25) is 0 Å². The van der Waals surface area contributed by atoms with Gasteiger partial charge in [0.25, 0.3) is 11.8 Å². The number of piperidine rings is 1. The second-order valence-corrected chi connectivity index (χ2v) is 8.85. The Balaban J connectivity index is 1.21. The summed E-state index contributed by atoms with van der Waals surface area (Å²) in [5, 5.41) is 4.87. The molecule has 35 heavy (non-hydrogen) atoms. The average Bonchev–Trinajstić information content (AvgIpc) is 3.36. The number of aromatic nitrogens is 1. The lowest BCUT2D eigenvalue weighted by Crippen LogP contribution is -2.41. The predicted molar refractivity (Wildman–Crippen MR) is 129 cm³/mol. The first-order valence-corrected chi connectivity index (χ1v) is 11.9. The molecule has 0 aliphatic carbocycles. The van der Waals surface area contributed by atoms with Crippen molar-refractivity contribution in [3.8, 4) is 17.0 Å². The first-order chi connectivity index (χ1) is 16.9. The molecule has 1 saturated heterocycles. The molecule has 10 heteroatoms. The molecule has 2 heterocycles. The minimum atomic E-state index is -0.474. The predicted octanol–water partition coefficient (Wildman–Crippen LogP) is 3.99. The monoisotopic (exact) mass is 497 g/mol. The van der Waals surface area contributed by atoms with Crippen molar-refractivity contribution in [2.45, 2.75) is 12.8 Å². The SMILES string of the molecule is COc1ccc(-c2csc(NC(=O)COC(=O)C3CCN(C(=O)c4ccc(F)cc4)CC3)n2)cc1. The minimum Gasteiger partial charge on any atom is -0.497 e. The molecule has 8 nitrogen and oxygen atoms in total. The Morgan fingerprint density at radius 3 is 2.43 bits per heavy atom. The molecule has 0 bridgehead atoms. The Morgan fingerprint density at radius 2 is 1.77 bits per heavy atom. The van der Waals surface area contributed by atoms with Crippen LogP contribution in [0.5, 0.6) is 5.75 Å². The summed E-state index contributed by atoms with van der Waals surface area (Å²) in [6.07, 6.45) is 0.871. The number of halogens is 1. The van der Waals surface area contributed by atoms with E-state index < -0.39 is 24.3 Å². The van der Waals surface area contributed by atoms with E-state index in [0.717, 1.165) is 11.3 Å². The molecule has 2 amide bonds. The van der Waals surface area contributed by atoms with Gasteiger partial charge >= 0.3 is 5.97 Å². The Labute approximate surface area is 205 Å². The third kappa shape index (κ3) is 6.21. The van der Waals surface area contributed by atoms with Crippen LogP contribution >= 0.6 is 11.3 Å². The van der Waals surface area contributed by atoms with Crippen molar-refractivity contribution in [3.05, 3.63) is 65.3 Å². The van der Waals surface area contributed by atoms with Crippen molar-refractivity contribution in [2.75, 3.05) is 32.1 Å². The normalized spacial score (nSPS) is 13.8. The lowest BCUT2D eigenvalue weighted by atomic mass is 9.96. The molecule has 1 fully saturated rings. The number of nitrogens with zero attached hydrogens (tertiary/aromatic N) is 2. The van der Waals surface area contributed by atoms with Crippen molar-refractivity contribution < 1.29 is 28.2 Å². The van der Waals surface area contributed by atoms with Crippen LogP contribution in [0.3, 0.4) is 0 Å². The van der Waals surface area contributed by atoms with Gasteiger partial charge in [0.1, 0.15) is 11.6 Å². The van der Waals surface area contributed by atoms with Gasteiger partial charge in [-0.3, -0.25) is 19.7 Å². The van der Waals surface area contributed by atoms with Crippen LogP contribution in [0.2, 0.25) is 0 Å². The van der Waals surface area contributed by atoms with E-state index in [9.17, 15) is 18.8 Å². The summed E-state index contributed by atoms with van der Waals surface area (Å²) in [6, 6.07) is 12.8. The summed E-state index contributed by atoms with van der Waals surface area (Å²) >= 11 is 1.27. The number of benzene rings is 2. The zero-order chi connectivity index (χ0) is 24.8. The maximum atomic E-state index is 13.1. The van der Waals surface area contributed by atoms with Gasteiger partial charge in [-0.05, 0) is 61.4 Å². The molecule has 1 aliphatic rings. The van der Waals surface area contributed by atoms with Crippen molar-refractivity contribution >= 4 is 34.3 Å². The quantitative estimate of drug-likeness (QED) is 0.496. The number of hydrogen-bond acceptors (Lipinski definition) is 7. The van der Waals surface area contributed by atoms with Crippen LogP contribution in [-0.2, 0) is 14.3 Å². The maximum absolute atomic E-state index is 13.1. The summed E-state index contributed by atoms with van der Waals surface area (Å²) in [4.78, 5) is 43.2. The first-order valence-electron chi connectivity index (χ1n) is 11.0. The highest BCUT2D eigenvalue weighted by atomic mass is 32.1. The second-order valence-electron chi connectivity index (χ2n) is 8.00. The summed E-state index contributed by atoms with van der Waals surface area (Å²) in [7, 11) is 1.60. The van der Waals surface area contributed by atoms with Crippen LogP contribution in [0.4, 0.5) is 9.52 Å². The third-order valence-corrected chi connectivity index (χ3v) is 6.45. The highest BCUT2D eigenvalue weighted by Gasteiger charge is 2.29. The molecule has 0 unspecified atom stereocenters. The standard InChI is InChI=1S/C25H24FN3O5S/c1-33-20-8-4-16(5-9-20)21-15-35-25(27-21)28-22(30)14-34-24(32)18-10-12-29(13-11-18)23(31)17-2-6-19(26)7-3-17/h2-9,15,18H,10-14H2,1H3,(H,27,28,30). The highest BCUT2D eigenvalue weighted by Crippen LogP contribution is 2.26. The van der Waals surface area contributed by atoms with E-state index in [1.807, 2.05) is 29.6 Å². The summed E-state index contributed by atoms with van der Waals surface area (Å²) in [6.45, 7) is 0.357. The molecule has 1 N–H and O–H groups in total. The second kappa shape index (κ2) is 11.1. The number of amides is 2. The van der Waals surface area contributed by atoms with Crippen LogP contribution < -0.4 is 10.1 Å². The molecule has 1 aromatic heterocycles. The molecule has 4 rings (SSSR count). The molecule has 3 aromatic rings. The topological polar surface area (TPSA) is 97.8 Å². The number of nitrogens with one attached hydrogen (secondary N) is 1. The van der Waals surface area contributed by atoms with Gasteiger partial charge in [0.05, 0.1) is 18.7 Å². The van der Waals surface area contributed by atoms with E-state index in [1.165, 1.54) is 35.6 Å². The van der Waals surface area contributed by atoms with E-state index in [0.29, 0.717) is 42.3 Å². The van der Waals surface area contributed by atoms with Crippen LogP contribution in [0.15, 0.2) is 53.9 Å². The van der Waals surface area contributed by atoms with Gasteiger partial charge in [0, 0.05) is 29.6 Å². The number of carbonyl (C=O) groups excluding carboxylic acids is 3. The van der Waals surface area contributed by atoms with Crippen LogP contribution in [0, 0.1) is 11.7 Å². The third-order valence-electron chi connectivity index (χ3n) is 5.69. The number of ether oxygens (including phenoxy) is 2. The molecule has 0 spiro atoms. The molecule has 0 radical (unpaired) electrons. The number of carbonyl (C=O) groups is 3. The lowest BCUT2D eigenvalue weighted by molar-refractivity contribution is -0.152. The fraction of sp³-hybridized carbons (Fsp3) is 0.280. The van der Waals surface area contributed by atoms with Crippen LogP contribution in [0.25, 0.3) is 11.3 Å². The lowest BCUT2D eigenvalue weighted by Gasteiger charge is -2.31. The zero-order valence-corrected chi connectivity index (χ0v) is 19.8. The van der Waals surface area contributed by atoms with Crippen LogP contribution in [0.1, 0.15) is 23.2 Å². The molecule has 0 saturated carbocycles. The average molecular weight is 498 g/mol. The molecular formula is C25H24FN3O5S. The van der Waals surface area contributed by atoms with Crippen molar-refractivity contribution in [1.82, 2.24) is 9.88 Å². The van der Waals surface area contributed by atoms with E-state index >= 15 is 0 Å². The largest absolute Gasteiger partial charge is 0.497 e. The smallest absolute Gasteiger partial charge is 0.309 e. The molecular weight excluding hydrogens is 473 g/mol. The Morgan fingerprint density at radius 1 is 1.09 bits per heavy atom. The number of rotatable bonds is 7. The zero-order valence-electron chi connectivity index (χ0n) is 19.0. The van der Waals surface area contributed by atoms with E-state index in [-0.39, 0.29) is 11.8 Å². The maximum Gasteiger partial charge on any atom is 0.309 e.